The highest BCUT2D eigenvalue weighted by atomic mass is 79.9. The molecule has 116 valence electrons. The van der Waals surface area contributed by atoms with Crippen LogP contribution in [0, 0.1) is 17.0 Å². The van der Waals surface area contributed by atoms with Crippen molar-refractivity contribution in [2.45, 2.75) is 38.5 Å². The molecule has 0 aliphatic heterocycles. The Morgan fingerprint density at radius 1 is 1.52 bits per heavy atom. The molecular formula is C14H19BrN2O4. The van der Waals surface area contributed by atoms with Crippen molar-refractivity contribution in [2.24, 2.45) is 0 Å². The maximum absolute atomic E-state index is 11.2. The van der Waals surface area contributed by atoms with Crippen molar-refractivity contribution in [1.82, 2.24) is 5.32 Å². The summed E-state index contributed by atoms with van der Waals surface area (Å²) in [5.41, 5.74) is 0.712. The molecule has 7 heteroatoms. The number of ether oxygens (including phenoxy) is 2. The second-order valence-electron chi connectivity index (χ2n) is 5.04. The van der Waals surface area contributed by atoms with Crippen LogP contribution in [0.5, 0.6) is 5.75 Å². The van der Waals surface area contributed by atoms with E-state index in [1.54, 1.807) is 6.92 Å². The summed E-state index contributed by atoms with van der Waals surface area (Å²) in [6.07, 6.45) is 0.525. The largest absolute Gasteiger partial charge is 0.480 e. The van der Waals surface area contributed by atoms with E-state index in [0.29, 0.717) is 16.8 Å². The van der Waals surface area contributed by atoms with Gasteiger partial charge in [-0.1, -0.05) is 15.9 Å². The number of nitrogens with one attached hydrogen (secondary N) is 1. The Labute approximate surface area is 132 Å². The lowest BCUT2D eigenvalue weighted by Gasteiger charge is -2.43. The third kappa shape index (κ3) is 3.36. The van der Waals surface area contributed by atoms with Gasteiger partial charge in [-0.25, -0.2) is 0 Å². The molecule has 1 fully saturated rings. The number of hydrogen-bond donors (Lipinski definition) is 1. The Bertz CT molecular complexity index is 538. The van der Waals surface area contributed by atoms with Gasteiger partial charge < -0.3 is 14.8 Å². The SMILES string of the molecule is CCOC1C(NC)CC1Oc1c(C)cc(Br)cc1[N+](=O)[O-]. The van der Waals surface area contributed by atoms with E-state index >= 15 is 0 Å². The fourth-order valence-corrected chi connectivity index (χ4v) is 3.11. The summed E-state index contributed by atoms with van der Waals surface area (Å²) in [6, 6.07) is 3.50. The number of nitro groups is 1. The van der Waals surface area contributed by atoms with E-state index in [1.165, 1.54) is 6.07 Å². The van der Waals surface area contributed by atoms with Gasteiger partial charge >= 0.3 is 5.69 Å². The summed E-state index contributed by atoms with van der Waals surface area (Å²) >= 11 is 3.28. The maximum atomic E-state index is 11.2. The molecule has 0 radical (unpaired) electrons. The van der Waals surface area contributed by atoms with Crippen molar-refractivity contribution in [3.05, 3.63) is 32.3 Å². The topological polar surface area (TPSA) is 73.6 Å². The first-order valence-electron chi connectivity index (χ1n) is 6.88. The van der Waals surface area contributed by atoms with Crippen LogP contribution in [0.25, 0.3) is 0 Å². The molecule has 0 bridgehead atoms. The van der Waals surface area contributed by atoms with Gasteiger partial charge in [0.05, 0.1) is 4.92 Å². The number of halogens is 1. The lowest BCUT2D eigenvalue weighted by molar-refractivity contribution is -0.386. The molecule has 0 aromatic heterocycles. The van der Waals surface area contributed by atoms with E-state index in [1.807, 2.05) is 20.0 Å². The molecule has 6 nitrogen and oxygen atoms in total. The first kappa shape index (κ1) is 16.2. The minimum atomic E-state index is -0.420. The first-order chi connectivity index (χ1) is 9.97. The lowest BCUT2D eigenvalue weighted by atomic mass is 9.85. The second kappa shape index (κ2) is 6.72. The summed E-state index contributed by atoms with van der Waals surface area (Å²) < 4.78 is 12.2. The number of aryl methyl sites for hydroxylation is 1. The first-order valence-corrected chi connectivity index (χ1v) is 7.67. The molecule has 0 amide bonds. The molecule has 1 N–H and O–H groups in total. The van der Waals surface area contributed by atoms with E-state index in [0.717, 1.165) is 12.0 Å². The van der Waals surface area contributed by atoms with Gasteiger partial charge in [0.25, 0.3) is 0 Å². The highest BCUT2D eigenvalue weighted by molar-refractivity contribution is 9.10. The van der Waals surface area contributed by atoms with Crippen molar-refractivity contribution < 1.29 is 14.4 Å². The van der Waals surface area contributed by atoms with Crippen molar-refractivity contribution in [1.29, 1.82) is 0 Å². The molecule has 3 unspecified atom stereocenters. The average Bonchev–Trinajstić information content (AvgIpc) is 2.41. The van der Waals surface area contributed by atoms with Crippen LogP contribution in [0.2, 0.25) is 0 Å². The van der Waals surface area contributed by atoms with E-state index in [4.69, 9.17) is 9.47 Å². The number of nitrogens with zero attached hydrogens (tertiary/aromatic N) is 1. The third-order valence-electron chi connectivity index (χ3n) is 3.66. The molecular weight excluding hydrogens is 340 g/mol. The van der Waals surface area contributed by atoms with Crippen LogP contribution >= 0.6 is 15.9 Å². The van der Waals surface area contributed by atoms with Gasteiger partial charge in [-0.05, 0) is 32.5 Å². The lowest BCUT2D eigenvalue weighted by Crippen LogP contribution is -2.60. The predicted molar refractivity (Wildman–Crippen MR) is 82.8 cm³/mol. The fraction of sp³-hybridized carbons (Fsp3) is 0.571. The average molecular weight is 359 g/mol. The minimum Gasteiger partial charge on any atom is -0.480 e. The van der Waals surface area contributed by atoms with Crippen LogP contribution in [0.15, 0.2) is 16.6 Å². The number of benzene rings is 1. The minimum absolute atomic E-state index is 0.0231. The molecule has 2 rings (SSSR count). The predicted octanol–water partition coefficient (Wildman–Crippen LogP) is 2.81. The summed E-state index contributed by atoms with van der Waals surface area (Å²) in [7, 11) is 1.88. The molecule has 1 saturated carbocycles. The van der Waals surface area contributed by atoms with Crippen LogP contribution in [0.3, 0.4) is 0 Å². The molecule has 1 aliphatic rings. The zero-order chi connectivity index (χ0) is 15.6. The van der Waals surface area contributed by atoms with Gasteiger partial charge in [-0.3, -0.25) is 10.1 Å². The zero-order valence-corrected chi connectivity index (χ0v) is 13.8. The Morgan fingerprint density at radius 3 is 2.81 bits per heavy atom. The highest BCUT2D eigenvalue weighted by Gasteiger charge is 2.43. The Hall–Kier alpha value is -1.18. The molecule has 1 aromatic rings. The Kier molecular flexibility index (Phi) is 5.18. The van der Waals surface area contributed by atoms with E-state index in [-0.39, 0.29) is 23.9 Å². The van der Waals surface area contributed by atoms with Gasteiger partial charge in [0, 0.05) is 29.6 Å². The summed E-state index contributed by atoms with van der Waals surface area (Å²) in [5.74, 6) is 0.326. The van der Waals surface area contributed by atoms with Gasteiger partial charge in [0.1, 0.15) is 12.2 Å². The molecule has 0 heterocycles. The van der Waals surface area contributed by atoms with Crippen molar-refractivity contribution in [3.8, 4) is 5.75 Å². The van der Waals surface area contributed by atoms with Crippen molar-refractivity contribution in [3.63, 3.8) is 0 Å². The number of likely N-dealkylation sites (N-methyl/N-ethyl adjacent to an activating group) is 1. The van der Waals surface area contributed by atoms with Crippen LogP contribution < -0.4 is 10.1 Å². The third-order valence-corrected chi connectivity index (χ3v) is 4.12. The maximum Gasteiger partial charge on any atom is 0.312 e. The zero-order valence-electron chi connectivity index (χ0n) is 12.3. The van der Waals surface area contributed by atoms with Gasteiger partial charge in [-0.2, -0.15) is 0 Å². The van der Waals surface area contributed by atoms with Crippen LogP contribution in [-0.2, 0) is 4.74 Å². The fourth-order valence-electron chi connectivity index (χ4n) is 2.55. The summed E-state index contributed by atoms with van der Waals surface area (Å²) in [4.78, 5) is 10.8. The van der Waals surface area contributed by atoms with E-state index in [2.05, 4.69) is 21.2 Å². The normalized spacial score (nSPS) is 24.5. The summed E-state index contributed by atoms with van der Waals surface area (Å²) in [6.45, 7) is 4.32. The molecule has 21 heavy (non-hydrogen) atoms. The Balaban J connectivity index is 2.22. The smallest absolute Gasteiger partial charge is 0.312 e. The van der Waals surface area contributed by atoms with Crippen LogP contribution in [0.1, 0.15) is 18.9 Å². The highest BCUT2D eigenvalue weighted by Crippen LogP contribution is 2.38. The van der Waals surface area contributed by atoms with Gasteiger partial charge in [0.2, 0.25) is 5.75 Å². The molecule has 0 saturated heterocycles. The van der Waals surface area contributed by atoms with Crippen molar-refractivity contribution in [2.75, 3.05) is 13.7 Å². The quantitative estimate of drug-likeness (QED) is 0.625. The van der Waals surface area contributed by atoms with Crippen molar-refractivity contribution >= 4 is 21.6 Å². The Morgan fingerprint density at radius 2 is 2.24 bits per heavy atom. The monoisotopic (exact) mass is 358 g/mol. The molecule has 1 aliphatic carbocycles. The van der Waals surface area contributed by atoms with Gasteiger partial charge in [0.15, 0.2) is 0 Å². The van der Waals surface area contributed by atoms with E-state index < -0.39 is 4.92 Å². The molecule has 0 spiro atoms. The standard InChI is InChI=1S/C14H19BrN2O4/c1-4-20-14-10(16-3)7-12(14)21-13-8(2)5-9(15)6-11(13)17(18)19/h5-6,10,12,14,16H,4,7H2,1-3H3. The van der Waals surface area contributed by atoms with Gasteiger partial charge in [-0.15, -0.1) is 0 Å². The van der Waals surface area contributed by atoms with Crippen LogP contribution in [-0.4, -0.2) is 36.8 Å². The number of nitro benzene ring substituents is 1. The molecule has 1 aromatic carbocycles. The van der Waals surface area contributed by atoms with Crippen LogP contribution in [0.4, 0.5) is 5.69 Å². The second-order valence-corrected chi connectivity index (χ2v) is 5.95. The van der Waals surface area contributed by atoms with E-state index in [9.17, 15) is 10.1 Å². The number of hydrogen-bond acceptors (Lipinski definition) is 5. The summed E-state index contributed by atoms with van der Waals surface area (Å²) in [5, 5.41) is 14.4. The molecule has 3 atom stereocenters. The number of rotatable bonds is 6.